The molecule has 2 aliphatic rings. The van der Waals surface area contributed by atoms with Crippen LogP contribution in [0.2, 0.25) is 0 Å². The molecule has 3 unspecified atom stereocenters. The van der Waals surface area contributed by atoms with Gasteiger partial charge in [-0.1, -0.05) is 6.42 Å². The lowest BCUT2D eigenvalue weighted by molar-refractivity contribution is -0.122. The van der Waals surface area contributed by atoms with Crippen molar-refractivity contribution in [1.29, 1.82) is 0 Å². The molecule has 2 N–H and O–H groups in total. The predicted molar refractivity (Wildman–Crippen MR) is 69.8 cm³/mol. The lowest BCUT2D eigenvalue weighted by Gasteiger charge is -2.24. The third-order valence-corrected chi connectivity index (χ3v) is 4.01. The zero-order valence-corrected chi connectivity index (χ0v) is 11.4. The van der Waals surface area contributed by atoms with Crippen molar-refractivity contribution < 1.29 is 4.79 Å². The summed E-state index contributed by atoms with van der Waals surface area (Å²) >= 11 is 0. The first-order valence-electron chi connectivity index (χ1n) is 6.98. The van der Waals surface area contributed by atoms with Crippen LogP contribution in [-0.2, 0) is 4.79 Å². The number of hydrogen-bond donors (Lipinski definition) is 2. The predicted octanol–water partition coefficient (Wildman–Crippen LogP) is 2.07. The minimum absolute atomic E-state index is 0.108. The van der Waals surface area contributed by atoms with E-state index in [2.05, 4.69) is 10.6 Å². The van der Waals surface area contributed by atoms with Crippen molar-refractivity contribution in [3.05, 3.63) is 0 Å². The zero-order valence-electron chi connectivity index (χ0n) is 11.4. The van der Waals surface area contributed by atoms with E-state index < -0.39 is 0 Å². The summed E-state index contributed by atoms with van der Waals surface area (Å²) in [4.78, 5) is 11.6. The summed E-state index contributed by atoms with van der Waals surface area (Å²) in [6.45, 7) is 6.90. The van der Waals surface area contributed by atoms with Crippen molar-refractivity contribution in [2.75, 3.05) is 6.54 Å². The lowest BCUT2D eigenvalue weighted by Crippen LogP contribution is -2.42. The van der Waals surface area contributed by atoms with E-state index in [0.717, 1.165) is 18.4 Å². The van der Waals surface area contributed by atoms with E-state index in [1.54, 1.807) is 0 Å². The Kier molecular flexibility index (Phi) is 3.76. The third-order valence-electron chi connectivity index (χ3n) is 4.01. The van der Waals surface area contributed by atoms with Crippen LogP contribution in [0.1, 0.15) is 52.9 Å². The van der Waals surface area contributed by atoms with Crippen LogP contribution in [0.25, 0.3) is 0 Å². The fraction of sp³-hybridized carbons (Fsp3) is 0.929. The van der Waals surface area contributed by atoms with Crippen molar-refractivity contribution in [3.63, 3.8) is 0 Å². The summed E-state index contributed by atoms with van der Waals surface area (Å²) in [5.74, 6) is 2.03. The molecule has 0 heterocycles. The Morgan fingerprint density at radius 2 is 2.00 bits per heavy atom. The molecule has 0 radical (unpaired) electrons. The highest BCUT2D eigenvalue weighted by Crippen LogP contribution is 2.44. The molecule has 3 heteroatoms. The average Bonchev–Trinajstić information content (AvgIpc) is 2.75. The van der Waals surface area contributed by atoms with E-state index in [-0.39, 0.29) is 11.4 Å². The molecular formula is C14H26N2O. The van der Waals surface area contributed by atoms with Gasteiger partial charge in [0.05, 0.1) is 0 Å². The molecule has 1 amide bonds. The van der Waals surface area contributed by atoms with Crippen LogP contribution in [0.4, 0.5) is 0 Å². The van der Waals surface area contributed by atoms with Gasteiger partial charge in [-0.15, -0.1) is 0 Å². The van der Waals surface area contributed by atoms with Gasteiger partial charge in [-0.25, -0.2) is 0 Å². The van der Waals surface area contributed by atoms with Gasteiger partial charge in [-0.05, 0) is 51.9 Å². The van der Waals surface area contributed by atoms with E-state index in [4.69, 9.17) is 0 Å². The highest BCUT2D eigenvalue weighted by atomic mass is 16.1. The van der Waals surface area contributed by atoms with E-state index in [1.165, 1.54) is 25.7 Å². The van der Waals surface area contributed by atoms with E-state index in [1.807, 2.05) is 20.8 Å². The Morgan fingerprint density at radius 3 is 2.53 bits per heavy atom. The molecule has 2 saturated carbocycles. The summed E-state index contributed by atoms with van der Waals surface area (Å²) in [6.07, 6.45) is 6.20. The van der Waals surface area contributed by atoms with E-state index >= 15 is 0 Å². The van der Waals surface area contributed by atoms with Crippen molar-refractivity contribution in [3.8, 4) is 0 Å². The van der Waals surface area contributed by atoms with E-state index in [9.17, 15) is 4.79 Å². The third kappa shape index (κ3) is 3.70. The number of carbonyl (C=O) groups excluding carboxylic acids is 1. The molecule has 2 fully saturated rings. The highest BCUT2D eigenvalue weighted by Gasteiger charge is 2.38. The topological polar surface area (TPSA) is 41.1 Å². The van der Waals surface area contributed by atoms with Gasteiger partial charge in [0.2, 0.25) is 5.91 Å². The number of nitrogens with one attached hydrogen (secondary N) is 2. The van der Waals surface area contributed by atoms with Crippen LogP contribution in [0.15, 0.2) is 0 Å². The molecule has 2 aliphatic carbocycles. The van der Waals surface area contributed by atoms with Crippen LogP contribution in [0.3, 0.4) is 0 Å². The molecular weight excluding hydrogens is 212 g/mol. The van der Waals surface area contributed by atoms with Gasteiger partial charge >= 0.3 is 0 Å². The van der Waals surface area contributed by atoms with Crippen LogP contribution < -0.4 is 10.6 Å². The molecule has 2 bridgehead atoms. The first kappa shape index (κ1) is 12.9. The first-order valence-corrected chi connectivity index (χ1v) is 6.98. The molecule has 3 atom stereocenters. The Hall–Kier alpha value is -0.570. The first-order chi connectivity index (χ1) is 7.94. The molecule has 0 aromatic rings. The monoisotopic (exact) mass is 238 g/mol. The summed E-state index contributed by atoms with van der Waals surface area (Å²) < 4.78 is 0. The minimum Gasteiger partial charge on any atom is -0.351 e. The maximum atomic E-state index is 11.6. The van der Waals surface area contributed by atoms with Gasteiger partial charge in [-0.2, -0.15) is 0 Å². The van der Waals surface area contributed by atoms with Gasteiger partial charge in [0.15, 0.2) is 0 Å². The van der Waals surface area contributed by atoms with Crippen molar-refractivity contribution in [2.45, 2.75) is 64.5 Å². The maximum Gasteiger partial charge on any atom is 0.221 e. The number of fused-ring (bicyclic) bond motifs is 2. The molecule has 0 spiro atoms. The summed E-state index contributed by atoms with van der Waals surface area (Å²) in [7, 11) is 0. The lowest BCUT2D eigenvalue weighted by atomic mass is 9.95. The summed E-state index contributed by atoms with van der Waals surface area (Å²) in [6, 6.07) is 0.691. The molecule has 0 aromatic carbocycles. The summed E-state index contributed by atoms with van der Waals surface area (Å²) in [5, 5.41) is 6.57. The molecule has 17 heavy (non-hydrogen) atoms. The minimum atomic E-state index is -0.108. The van der Waals surface area contributed by atoms with Crippen molar-refractivity contribution in [2.24, 2.45) is 11.8 Å². The Balaban J connectivity index is 1.62. The van der Waals surface area contributed by atoms with Crippen molar-refractivity contribution >= 4 is 5.91 Å². The van der Waals surface area contributed by atoms with Gasteiger partial charge in [0.1, 0.15) is 0 Å². The van der Waals surface area contributed by atoms with Crippen LogP contribution in [0, 0.1) is 11.8 Å². The SMILES string of the molecule is CC(C)(C)NC(=O)CCNC1CC2CCC1C2. The Bertz CT molecular complexity index is 282. The van der Waals surface area contributed by atoms with Crippen LogP contribution in [0.5, 0.6) is 0 Å². The molecule has 0 aliphatic heterocycles. The van der Waals surface area contributed by atoms with E-state index in [0.29, 0.717) is 12.5 Å². The summed E-state index contributed by atoms with van der Waals surface area (Å²) in [5.41, 5.74) is -0.108. The fourth-order valence-electron chi connectivity index (χ4n) is 3.35. The standard InChI is InChI=1S/C14H26N2O/c1-14(2,3)16-13(17)6-7-15-12-9-10-4-5-11(12)8-10/h10-12,15H,4-9H2,1-3H3,(H,16,17). The van der Waals surface area contributed by atoms with Gasteiger partial charge < -0.3 is 10.6 Å². The highest BCUT2D eigenvalue weighted by molar-refractivity contribution is 5.76. The zero-order chi connectivity index (χ0) is 12.5. The number of carbonyl (C=O) groups is 1. The smallest absolute Gasteiger partial charge is 0.221 e. The number of hydrogen-bond acceptors (Lipinski definition) is 2. The molecule has 0 aromatic heterocycles. The fourth-order valence-corrected chi connectivity index (χ4v) is 3.35. The maximum absolute atomic E-state index is 11.6. The second-order valence-electron chi connectivity index (χ2n) is 6.78. The molecule has 2 rings (SSSR count). The van der Waals surface area contributed by atoms with Crippen LogP contribution in [-0.4, -0.2) is 24.0 Å². The molecule has 0 saturated heterocycles. The molecule has 3 nitrogen and oxygen atoms in total. The largest absolute Gasteiger partial charge is 0.351 e. The number of rotatable bonds is 4. The second-order valence-corrected chi connectivity index (χ2v) is 6.78. The average molecular weight is 238 g/mol. The van der Waals surface area contributed by atoms with Gasteiger partial charge in [0.25, 0.3) is 0 Å². The Labute approximate surface area is 105 Å². The second kappa shape index (κ2) is 4.97. The quantitative estimate of drug-likeness (QED) is 0.787. The normalized spacial score (nSPS) is 31.8. The van der Waals surface area contributed by atoms with Gasteiger partial charge in [0, 0.05) is 24.5 Å². The number of amides is 1. The molecule has 98 valence electrons. The Morgan fingerprint density at radius 1 is 1.24 bits per heavy atom. The van der Waals surface area contributed by atoms with Crippen LogP contribution >= 0.6 is 0 Å². The van der Waals surface area contributed by atoms with Crippen molar-refractivity contribution in [1.82, 2.24) is 10.6 Å². The van der Waals surface area contributed by atoms with Gasteiger partial charge in [-0.3, -0.25) is 4.79 Å².